The summed E-state index contributed by atoms with van der Waals surface area (Å²) in [5.74, 6) is -0.167. The van der Waals surface area contributed by atoms with Gasteiger partial charge in [-0.15, -0.1) is 0 Å². The van der Waals surface area contributed by atoms with Gasteiger partial charge in [-0.25, -0.2) is 9.97 Å². The first-order valence-electron chi connectivity index (χ1n) is 10.7. The molecule has 0 radical (unpaired) electrons. The van der Waals surface area contributed by atoms with Gasteiger partial charge in [0, 0.05) is 10.9 Å². The Bertz CT molecular complexity index is 1380. The van der Waals surface area contributed by atoms with Gasteiger partial charge >= 0.3 is 6.18 Å². The van der Waals surface area contributed by atoms with Crippen LogP contribution < -0.4 is 15.8 Å². The summed E-state index contributed by atoms with van der Waals surface area (Å²) in [6.45, 7) is 3.60. The number of alkyl halides is 3. The van der Waals surface area contributed by atoms with Gasteiger partial charge in [0.05, 0.1) is 19.2 Å². The molecule has 2 heterocycles. The number of amides is 1. The fourth-order valence-corrected chi connectivity index (χ4v) is 3.75. The molecule has 10 heteroatoms. The Morgan fingerprint density at radius 2 is 1.77 bits per heavy atom. The number of oxazole rings is 1. The molecule has 0 fully saturated rings. The summed E-state index contributed by atoms with van der Waals surface area (Å²) in [6, 6.07) is 14.6. The minimum absolute atomic E-state index is 0.00431. The Morgan fingerprint density at radius 1 is 1.06 bits per heavy atom. The Balaban J connectivity index is 1.76. The average Bonchev–Trinajstić information content (AvgIpc) is 3.27. The molecule has 1 amide bonds. The van der Waals surface area contributed by atoms with E-state index in [9.17, 15) is 18.0 Å². The van der Waals surface area contributed by atoms with Crippen molar-refractivity contribution in [2.45, 2.75) is 32.1 Å². The Hall–Kier alpha value is -3.92. The Labute approximate surface area is 199 Å². The van der Waals surface area contributed by atoms with Crippen molar-refractivity contribution < 1.29 is 27.1 Å². The van der Waals surface area contributed by atoms with Crippen LogP contribution in [0.1, 0.15) is 41.4 Å². The zero-order valence-corrected chi connectivity index (χ0v) is 19.2. The lowest BCUT2D eigenvalue weighted by molar-refractivity contribution is -0.140. The summed E-state index contributed by atoms with van der Waals surface area (Å²) >= 11 is 0. The normalized spacial score (nSPS) is 12.1. The number of rotatable bonds is 6. The van der Waals surface area contributed by atoms with Gasteiger partial charge in [-0.2, -0.15) is 13.2 Å². The van der Waals surface area contributed by atoms with Crippen LogP contribution in [0.3, 0.4) is 0 Å². The number of fused-ring (bicyclic) bond motifs is 1. The zero-order valence-electron chi connectivity index (χ0n) is 19.2. The number of nitrogens with two attached hydrogens (primary N) is 1. The number of benzene rings is 2. The topological polar surface area (TPSA) is 103 Å². The highest BCUT2D eigenvalue weighted by atomic mass is 19.4. The summed E-state index contributed by atoms with van der Waals surface area (Å²) in [4.78, 5) is 21.2. The summed E-state index contributed by atoms with van der Waals surface area (Å²) in [5, 5.41) is 3.25. The number of hydrogen-bond donors (Lipinski definition) is 2. The lowest BCUT2D eigenvalue weighted by Gasteiger charge is -2.26. The minimum atomic E-state index is -4.62. The van der Waals surface area contributed by atoms with E-state index in [1.54, 1.807) is 6.07 Å². The fourth-order valence-electron chi connectivity index (χ4n) is 3.75. The number of ether oxygens (including phenoxy) is 1. The predicted molar refractivity (Wildman–Crippen MR) is 124 cm³/mol. The van der Waals surface area contributed by atoms with Gasteiger partial charge in [0.1, 0.15) is 17.0 Å². The highest BCUT2D eigenvalue weighted by Gasteiger charge is 2.33. The number of halogens is 3. The minimum Gasteiger partial charge on any atom is -0.494 e. The molecular weight excluding hydrogens is 461 g/mol. The van der Waals surface area contributed by atoms with Crippen LogP contribution in [0.5, 0.6) is 5.75 Å². The molecule has 4 rings (SSSR count). The van der Waals surface area contributed by atoms with Gasteiger partial charge in [0.25, 0.3) is 5.91 Å². The van der Waals surface area contributed by atoms with Crippen LogP contribution in [0.4, 0.5) is 13.2 Å². The third-order valence-electron chi connectivity index (χ3n) is 5.58. The molecular formula is C25H23F3N4O3. The van der Waals surface area contributed by atoms with E-state index >= 15 is 0 Å². The molecule has 0 saturated heterocycles. The van der Waals surface area contributed by atoms with Crippen molar-refractivity contribution in [3.8, 4) is 17.2 Å². The van der Waals surface area contributed by atoms with Crippen molar-refractivity contribution in [1.29, 1.82) is 0 Å². The first-order chi connectivity index (χ1) is 16.5. The maximum absolute atomic E-state index is 13.2. The van der Waals surface area contributed by atoms with E-state index in [2.05, 4.69) is 15.3 Å². The lowest BCUT2D eigenvalue weighted by Crippen LogP contribution is -2.41. The van der Waals surface area contributed by atoms with Crippen LogP contribution in [-0.2, 0) is 18.3 Å². The highest BCUT2D eigenvalue weighted by Crippen LogP contribution is 2.37. The third kappa shape index (κ3) is 4.69. The van der Waals surface area contributed by atoms with E-state index in [4.69, 9.17) is 14.9 Å². The van der Waals surface area contributed by atoms with Gasteiger partial charge in [0.2, 0.25) is 5.89 Å². The van der Waals surface area contributed by atoms with Crippen LogP contribution >= 0.6 is 0 Å². The van der Waals surface area contributed by atoms with Gasteiger partial charge in [0.15, 0.2) is 11.5 Å². The van der Waals surface area contributed by atoms with E-state index in [1.165, 1.54) is 19.2 Å². The lowest BCUT2D eigenvalue weighted by atomic mass is 9.94. The molecule has 3 N–H and O–H groups in total. The van der Waals surface area contributed by atoms with Crippen molar-refractivity contribution in [2.75, 3.05) is 7.11 Å². The zero-order chi connectivity index (χ0) is 25.4. The Morgan fingerprint density at radius 3 is 2.40 bits per heavy atom. The number of hydrogen-bond acceptors (Lipinski definition) is 6. The molecule has 7 nitrogen and oxygen atoms in total. The van der Waals surface area contributed by atoms with Crippen LogP contribution in [-0.4, -0.2) is 23.0 Å². The van der Waals surface area contributed by atoms with Crippen LogP contribution in [0, 0.1) is 0 Å². The molecule has 4 aromatic rings. The summed E-state index contributed by atoms with van der Waals surface area (Å²) in [6.07, 6.45) is -4.62. The van der Waals surface area contributed by atoms with Crippen LogP contribution in [0.2, 0.25) is 0 Å². The summed E-state index contributed by atoms with van der Waals surface area (Å²) in [7, 11) is 1.34. The molecule has 2 aromatic heterocycles. The number of methoxy groups -OCH3 is 1. The monoisotopic (exact) mass is 484 g/mol. The number of nitrogens with one attached hydrogen (secondary N) is 1. The molecule has 0 aliphatic heterocycles. The number of nitrogens with zero attached hydrogens (tertiary/aromatic N) is 2. The molecule has 0 bridgehead atoms. The van der Waals surface area contributed by atoms with Crippen molar-refractivity contribution in [3.05, 3.63) is 77.3 Å². The molecule has 0 spiro atoms. The van der Waals surface area contributed by atoms with E-state index in [-0.39, 0.29) is 35.2 Å². The molecule has 2 aromatic carbocycles. The second kappa shape index (κ2) is 9.03. The number of pyridine rings is 1. The number of carbonyl (C=O) groups excluding carboxylic acids is 1. The summed E-state index contributed by atoms with van der Waals surface area (Å²) in [5.41, 5.74) is 5.26. The van der Waals surface area contributed by atoms with E-state index in [1.807, 2.05) is 44.2 Å². The van der Waals surface area contributed by atoms with Crippen molar-refractivity contribution in [3.63, 3.8) is 0 Å². The molecule has 0 saturated carbocycles. The van der Waals surface area contributed by atoms with E-state index in [0.717, 1.165) is 11.6 Å². The first kappa shape index (κ1) is 24.2. The van der Waals surface area contributed by atoms with Crippen molar-refractivity contribution >= 4 is 16.8 Å². The van der Waals surface area contributed by atoms with Crippen LogP contribution in [0.25, 0.3) is 22.4 Å². The molecule has 0 aliphatic carbocycles. The van der Waals surface area contributed by atoms with Crippen LogP contribution in [0.15, 0.2) is 59.0 Å². The Kier molecular flexibility index (Phi) is 6.25. The average molecular weight is 484 g/mol. The van der Waals surface area contributed by atoms with Gasteiger partial charge < -0.3 is 20.2 Å². The SMILES string of the molecule is COc1ccc(-c2nc(C(=O)NC(C)(C)c3ccccc3)c(CN)o2)c2ccc(C(F)(F)F)nc12. The van der Waals surface area contributed by atoms with Gasteiger partial charge in [-0.05, 0) is 43.7 Å². The van der Waals surface area contributed by atoms with E-state index < -0.39 is 23.3 Å². The molecule has 0 atom stereocenters. The quantitative estimate of drug-likeness (QED) is 0.397. The summed E-state index contributed by atoms with van der Waals surface area (Å²) < 4.78 is 50.7. The predicted octanol–water partition coefficient (Wildman–Crippen LogP) is 5.04. The number of aromatic nitrogens is 2. The molecule has 0 unspecified atom stereocenters. The second-order valence-electron chi connectivity index (χ2n) is 8.35. The van der Waals surface area contributed by atoms with Gasteiger partial charge in [-0.3, -0.25) is 4.79 Å². The maximum Gasteiger partial charge on any atom is 0.433 e. The molecule has 0 aliphatic rings. The smallest absolute Gasteiger partial charge is 0.433 e. The van der Waals surface area contributed by atoms with Crippen molar-refractivity contribution in [2.24, 2.45) is 5.73 Å². The standard InChI is InChI=1S/C25H23F3N4O3/c1-24(2,14-7-5-4-6-8-14)32-22(33)21-18(13-29)35-23(31-21)16-9-11-17(34-3)20-15(16)10-12-19(30-20)25(26,27)28/h4-12H,13,29H2,1-3H3,(H,32,33). The number of carbonyl (C=O) groups is 1. The van der Waals surface area contributed by atoms with E-state index in [0.29, 0.717) is 10.9 Å². The van der Waals surface area contributed by atoms with Gasteiger partial charge in [-0.1, -0.05) is 30.3 Å². The first-order valence-corrected chi connectivity index (χ1v) is 10.7. The highest BCUT2D eigenvalue weighted by molar-refractivity contribution is 5.98. The third-order valence-corrected chi connectivity index (χ3v) is 5.58. The maximum atomic E-state index is 13.2. The van der Waals surface area contributed by atoms with Crippen molar-refractivity contribution in [1.82, 2.24) is 15.3 Å². The largest absolute Gasteiger partial charge is 0.494 e. The molecule has 182 valence electrons. The fraction of sp³-hybridized carbons (Fsp3) is 0.240. The molecule has 35 heavy (non-hydrogen) atoms. The second-order valence-corrected chi connectivity index (χ2v) is 8.35.